The average molecular weight is 429 g/mol. The summed E-state index contributed by atoms with van der Waals surface area (Å²) in [5.41, 5.74) is 1.51. The first-order chi connectivity index (χ1) is 11.8. The molecule has 1 atom stereocenters. The van der Waals surface area contributed by atoms with Gasteiger partial charge in [-0.1, -0.05) is 121 Å². The second kappa shape index (κ2) is 18.9. The maximum absolute atomic E-state index is 2.86. The minimum Gasteiger partial charge on any atom is -0.114 e. The molecule has 25 heavy (non-hydrogen) atoms. The van der Waals surface area contributed by atoms with E-state index in [4.69, 9.17) is 0 Å². The first-order valence-electron chi connectivity index (χ1n) is 10.7. The Labute approximate surface area is 170 Å². The van der Waals surface area contributed by atoms with Crippen LogP contribution in [0.4, 0.5) is 0 Å². The van der Waals surface area contributed by atoms with Gasteiger partial charge in [-0.25, -0.2) is 0 Å². The standard InChI is InChI=1S/C23H41P.BrH/c1-2-3-4-5-6-7-8-9-10-11-12-13-14-15-16-19-22-20-17-18-21-23(22)24;/h17-18,20-21H,2-16,19,24H2,1H3;1H. The molecular weight excluding hydrogens is 387 g/mol. The van der Waals surface area contributed by atoms with Gasteiger partial charge in [-0.15, -0.1) is 26.2 Å². The third kappa shape index (κ3) is 14.9. The molecule has 0 bridgehead atoms. The Bertz CT molecular complexity index is 391. The number of hydrogen-bond donors (Lipinski definition) is 0. The Hall–Kier alpha value is 0.130. The molecule has 0 amide bonds. The Balaban J connectivity index is 0.00000576. The third-order valence-electron chi connectivity index (χ3n) is 5.10. The number of unbranched alkanes of at least 4 members (excludes halogenated alkanes) is 14. The highest BCUT2D eigenvalue weighted by Crippen LogP contribution is 2.14. The van der Waals surface area contributed by atoms with Gasteiger partial charge in [-0.05, 0) is 23.7 Å². The highest BCUT2D eigenvalue weighted by molar-refractivity contribution is 8.93. The van der Waals surface area contributed by atoms with Gasteiger partial charge in [-0.2, -0.15) is 0 Å². The zero-order valence-corrected chi connectivity index (χ0v) is 19.5. The lowest BCUT2D eigenvalue weighted by Crippen LogP contribution is -2.00. The molecule has 0 aliphatic heterocycles. The summed E-state index contributed by atoms with van der Waals surface area (Å²) in [6, 6.07) is 8.75. The van der Waals surface area contributed by atoms with Crippen LogP contribution in [0.15, 0.2) is 24.3 Å². The van der Waals surface area contributed by atoms with E-state index in [0.29, 0.717) is 0 Å². The Morgan fingerprint density at radius 1 is 0.600 bits per heavy atom. The molecule has 0 N–H and O–H groups in total. The molecule has 1 aromatic carbocycles. The number of hydrogen-bond acceptors (Lipinski definition) is 0. The molecule has 0 aliphatic carbocycles. The third-order valence-corrected chi connectivity index (χ3v) is 5.67. The summed E-state index contributed by atoms with van der Waals surface area (Å²) in [5.74, 6) is 0. The van der Waals surface area contributed by atoms with Crippen molar-refractivity contribution in [2.45, 2.75) is 110 Å². The summed E-state index contributed by atoms with van der Waals surface area (Å²) >= 11 is 0. The van der Waals surface area contributed by atoms with E-state index < -0.39 is 0 Å². The average Bonchev–Trinajstić information content (AvgIpc) is 2.60. The summed E-state index contributed by atoms with van der Waals surface area (Å²) in [6.07, 6.45) is 22.9. The van der Waals surface area contributed by atoms with Crippen LogP contribution in [0.5, 0.6) is 0 Å². The monoisotopic (exact) mass is 428 g/mol. The van der Waals surface area contributed by atoms with Gasteiger partial charge in [0.15, 0.2) is 0 Å². The zero-order valence-electron chi connectivity index (χ0n) is 16.6. The molecule has 0 heterocycles. The van der Waals surface area contributed by atoms with Gasteiger partial charge in [0.2, 0.25) is 0 Å². The lowest BCUT2D eigenvalue weighted by Gasteiger charge is -2.05. The van der Waals surface area contributed by atoms with Crippen LogP contribution in [0.1, 0.15) is 109 Å². The van der Waals surface area contributed by atoms with Crippen molar-refractivity contribution in [3.63, 3.8) is 0 Å². The highest BCUT2D eigenvalue weighted by atomic mass is 79.9. The fourth-order valence-corrected chi connectivity index (χ4v) is 3.80. The van der Waals surface area contributed by atoms with Crippen molar-refractivity contribution < 1.29 is 0 Å². The largest absolute Gasteiger partial charge is 0.114 e. The Morgan fingerprint density at radius 3 is 1.44 bits per heavy atom. The normalized spacial score (nSPS) is 10.6. The number of rotatable bonds is 16. The van der Waals surface area contributed by atoms with E-state index >= 15 is 0 Å². The van der Waals surface area contributed by atoms with Crippen molar-refractivity contribution in [2.75, 3.05) is 0 Å². The Kier molecular flexibility index (Phi) is 19.0. The molecule has 0 saturated heterocycles. The lowest BCUT2D eigenvalue weighted by molar-refractivity contribution is 0.532. The van der Waals surface area contributed by atoms with E-state index in [1.807, 2.05) is 0 Å². The van der Waals surface area contributed by atoms with Crippen molar-refractivity contribution >= 4 is 31.5 Å². The van der Waals surface area contributed by atoms with Gasteiger partial charge >= 0.3 is 0 Å². The van der Waals surface area contributed by atoms with Gasteiger partial charge in [0, 0.05) is 0 Å². The van der Waals surface area contributed by atoms with Crippen LogP contribution < -0.4 is 5.30 Å². The molecule has 1 unspecified atom stereocenters. The van der Waals surface area contributed by atoms with Crippen LogP contribution in [0, 0.1) is 0 Å². The first kappa shape index (κ1) is 25.1. The predicted octanol–water partition coefficient (Wildman–Crippen LogP) is 8.18. The quantitative estimate of drug-likeness (QED) is 0.184. The van der Waals surface area contributed by atoms with Crippen LogP contribution in [-0.4, -0.2) is 0 Å². The van der Waals surface area contributed by atoms with Crippen molar-refractivity contribution in [1.29, 1.82) is 0 Å². The maximum Gasteiger partial charge on any atom is -0.0271 e. The van der Waals surface area contributed by atoms with Crippen LogP contribution in [-0.2, 0) is 6.42 Å². The van der Waals surface area contributed by atoms with E-state index in [9.17, 15) is 0 Å². The van der Waals surface area contributed by atoms with E-state index in [0.717, 1.165) is 0 Å². The molecule has 1 aromatic rings. The topological polar surface area (TPSA) is 0 Å². The molecule has 0 aromatic heterocycles. The smallest absolute Gasteiger partial charge is 0.0271 e. The molecule has 0 aliphatic rings. The summed E-state index contributed by atoms with van der Waals surface area (Å²) in [6.45, 7) is 2.30. The first-order valence-corrected chi connectivity index (χ1v) is 11.3. The van der Waals surface area contributed by atoms with Crippen molar-refractivity contribution in [3.8, 4) is 0 Å². The van der Waals surface area contributed by atoms with Crippen LogP contribution in [0.2, 0.25) is 0 Å². The van der Waals surface area contributed by atoms with Crippen molar-refractivity contribution in [3.05, 3.63) is 29.8 Å². The molecule has 0 nitrogen and oxygen atoms in total. The molecule has 0 spiro atoms. The molecule has 2 heteroatoms. The van der Waals surface area contributed by atoms with E-state index in [2.05, 4.69) is 40.4 Å². The minimum atomic E-state index is 0. The van der Waals surface area contributed by atoms with Crippen LogP contribution in [0.25, 0.3) is 0 Å². The molecular formula is C23H42BrP. The zero-order chi connectivity index (χ0) is 17.3. The summed E-state index contributed by atoms with van der Waals surface area (Å²) in [4.78, 5) is 0. The van der Waals surface area contributed by atoms with Crippen molar-refractivity contribution in [1.82, 2.24) is 0 Å². The van der Waals surface area contributed by atoms with E-state index in [1.54, 1.807) is 0 Å². The second-order valence-corrected chi connectivity index (χ2v) is 8.02. The molecule has 0 radical (unpaired) electrons. The van der Waals surface area contributed by atoms with Gasteiger partial charge in [0.25, 0.3) is 0 Å². The number of halogens is 1. The molecule has 1 rings (SSSR count). The summed E-state index contributed by atoms with van der Waals surface area (Å²) in [7, 11) is 2.86. The number of aryl methyl sites for hydroxylation is 1. The van der Waals surface area contributed by atoms with E-state index in [-0.39, 0.29) is 17.0 Å². The van der Waals surface area contributed by atoms with Gasteiger partial charge in [-0.3, -0.25) is 0 Å². The predicted molar refractivity (Wildman–Crippen MR) is 125 cm³/mol. The van der Waals surface area contributed by atoms with Gasteiger partial charge < -0.3 is 0 Å². The van der Waals surface area contributed by atoms with Crippen LogP contribution in [0.3, 0.4) is 0 Å². The fraction of sp³-hybridized carbons (Fsp3) is 0.739. The van der Waals surface area contributed by atoms with Gasteiger partial charge in [0.05, 0.1) is 0 Å². The summed E-state index contributed by atoms with van der Waals surface area (Å²) < 4.78 is 0. The fourth-order valence-electron chi connectivity index (χ4n) is 3.45. The molecule has 0 fully saturated rings. The van der Waals surface area contributed by atoms with Crippen LogP contribution >= 0.6 is 26.2 Å². The maximum atomic E-state index is 2.86. The van der Waals surface area contributed by atoms with Gasteiger partial charge in [0.1, 0.15) is 0 Å². The minimum absolute atomic E-state index is 0. The molecule has 0 saturated carbocycles. The van der Waals surface area contributed by atoms with E-state index in [1.165, 1.54) is 114 Å². The molecule has 146 valence electrons. The lowest BCUT2D eigenvalue weighted by atomic mass is 10.0. The number of benzene rings is 1. The Morgan fingerprint density at radius 2 is 1.00 bits per heavy atom. The second-order valence-electron chi connectivity index (χ2n) is 7.40. The van der Waals surface area contributed by atoms with Crippen molar-refractivity contribution in [2.24, 2.45) is 0 Å². The SMILES string of the molecule is Br.CCCCCCCCCCCCCCCCCc1ccccc1P. The highest BCUT2D eigenvalue weighted by Gasteiger charge is 1.98. The summed E-state index contributed by atoms with van der Waals surface area (Å²) in [5, 5.41) is 1.38.